The van der Waals surface area contributed by atoms with Crippen molar-refractivity contribution < 1.29 is 18.8 Å². The van der Waals surface area contributed by atoms with Crippen LogP contribution in [0.5, 0.6) is 0 Å². The summed E-state index contributed by atoms with van der Waals surface area (Å²) in [6.45, 7) is 2.26. The van der Waals surface area contributed by atoms with Crippen molar-refractivity contribution in [2.24, 2.45) is 5.92 Å². The van der Waals surface area contributed by atoms with Crippen LogP contribution in [0.4, 0.5) is 4.39 Å². The van der Waals surface area contributed by atoms with Crippen LogP contribution in [0.3, 0.4) is 0 Å². The Morgan fingerprint density at radius 1 is 0.818 bits per heavy atom. The van der Waals surface area contributed by atoms with Gasteiger partial charge in [0.2, 0.25) is 5.91 Å². The number of hydrogen-bond acceptors (Lipinski definition) is 3. The number of likely N-dealkylation sites (tertiary alicyclic amines) is 2. The maximum atomic E-state index is 14.1. The molecule has 2 heterocycles. The Morgan fingerprint density at radius 3 is 2.12 bits per heavy atom. The molecule has 0 unspecified atom stereocenters. The Balaban J connectivity index is 1.46. The van der Waals surface area contributed by atoms with Crippen LogP contribution < -0.4 is 5.32 Å². The third kappa shape index (κ3) is 5.41. The molecule has 1 N–H and O–H groups in total. The first kappa shape index (κ1) is 23.0. The number of nitrogens with one attached hydrogen (secondary N) is 1. The Bertz CT molecular complexity index is 983. The van der Waals surface area contributed by atoms with Gasteiger partial charge in [-0.15, -0.1) is 0 Å². The zero-order chi connectivity index (χ0) is 23.2. The Morgan fingerprint density at radius 2 is 1.45 bits per heavy atom. The van der Waals surface area contributed by atoms with Crippen molar-refractivity contribution in [3.63, 3.8) is 0 Å². The number of halogens is 1. The van der Waals surface area contributed by atoms with Crippen LogP contribution in [0.25, 0.3) is 0 Å². The number of carbonyl (C=O) groups excluding carboxylic acids is 3. The first-order chi connectivity index (χ1) is 16.0. The molecule has 0 aliphatic carbocycles. The first-order valence-corrected chi connectivity index (χ1v) is 11.7. The number of hydrogen-bond donors (Lipinski definition) is 1. The van der Waals surface area contributed by atoms with Crippen LogP contribution in [-0.4, -0.2) is 59.7 Å². The third-order valence-electron chi connectivity index (χ3n) is 6.66. The second-order valence-electron chi connectivity index (χ2n) is 8.81. The average molecular weight is 452 g/mol. The van der Waals surface area contributed by atoms with Crippen LogP contribution in [0, 0.1) is 11.7 Å². The fourth-order valence-electron chi connectivity index (χ4n) is 4.75. The Labute approximate surface area is 193 Å². The molecule has 2 aromatic carbocycles. The minimum atomic E-state index is -0.637. The first-order valence-electron chi connectivity index (χ1n) is 11.7. The van der Waals surface area contributed by atoms with Gasteiger partial charge in [0.05, 0.1) is 5.56 Å². The summed E-state index contributed by atoms with van der Waals surface area (Å²) in [6.07, 6.45) is 4.20. The van der Waals surface area contributed by atoms with Crippen LogP contribution in [0.15, 0.2) is 54.6 Å². The summed E-state index contributed by atoms with van der Waals surface area (Å²) >= 11 is 0. The van der Waals surface area contributed by atoms with Gasteiger partial charge in [-0.1, -0.05) is 30.3 Å². The Kier molecular flexibility index (Phi) is 7.37. The molecule has 33 heavy (non-hydrogen) atoms. The molecule has 1 atom stereocenters. The summed E-state index contributed by atoms with van der Waals surface area (Å²) in [5.74, 6) is -1.26. The van der Waals surface area contributed by atoms with E-state index in [-0.39, 0.29) is 29.2 Å². The molecule has 0 bridgehead atoms. The second kappa shape index (κ2) is 10.6. The largest absolute Gasteiger partial charge is 0.341 e. The van der Waals surface area contributed by atoms with E-state index in [0.717, 1.165) is 19.3 Å². The van der Waals surface area contributed by atoms with Gasteiger partial charge in [0.1, 0.15) is 11.9 Å². The predicted molar refractivity (Wildman–Crippen MR) is 123 cm³/mol. The lowest BCUT2D eigenvalue weighted by atomic mass is 9.87. The van der Waals surface area contributed by atoms with E-state index in [2.05, 4.69) is 5.32 Å². The highest BCUT2D eigenvalue weighted by molar-refractivity contribution is 5.97. The highest BCUT2D eigenvalue weighted by Gasteiger charge is 2.36. The molecule has 3 amide bonds. The number of carbonyl (C=O) groups is 3. The van der Waals surface area contributed by atoms with Crippen LogP contribution in [-0.2, 0) is 4.79 Å². The standard InChI is InChI=1S/C26H30FN3O3/c27-22-12-6-5-11-21(22)25(32)30-17-13-19(14-18-30)23(26(33)29-15-7-2-8-16-29)28-24(31)20-9-3-1-4-10-20/h1,3-6,9-12,19,23H,2,7-8,13-18H2,(H,28,31)/t23-/m1/s1. The van der Waals surface area contributed by atoms with Gasteiger partial charge in [-0.3, -0.25) is 14.4 Å². The molecule has 6 nitrogen and oxygen atoms in total. The lowest BCUT2D eigenvalue weighted by Gasteiger charge is -2.38. The van der Waals surface area contributed by atoms with Gasteiger partial charge in [-0.05, 0) is 62.3 Å². The summed E-state index contributed by atoms with van der Waals surface area (Å²) in [5, 5.41) is 2.99. The highest BCUT2D eigenvalue weighted by Crippen LogP contribution is 2.25. The molecular weight excluding hydrogens is 421 g/mol. The van der Waals surface area contributed by atoms with Crippen molar-refractivity contribution in [3.8, 4) is 0 Å². The molecule has 0 saturated carbocycles. The zero-order valence-corrected chi connectivity index (χ0v) is 18.7. The fraction of sp³-hybridized carbons (Fsp3) is 0.423. The van der Waals surface area contributed by atoms with Crippen molar-refractivity contribution in [2.75, 3.05) is 26.2 Å². The number of amides is 3. The number of nitrogens with zero attached hydrogens (tertiary/aromatic N) is 2. The second-order valence-corrected chi connectivity index (χ2v) is 8.81. The molecule has 4 rings (SSSR count). The molecule has 0 spiro atoms. The van der Waals surface area contributed by atoms with Gasteiger partial charge in [0, 0.05) is 31.7 Å². The van der Waals surface area contributed by atoms with Gasteiger partial charge in [-0.25, -0.2) is 4.39 Å². The topological polar surface area (TPSA) is 69.7 Å². The normalized spacial score (nSPS) is 18.0. The number of benzene rings is 2. The number of piperidine rings is 2. The quantitative estimate of drug-likeness (QED) is 0.757. The van der Waals surface area contributed by atoms with E-state index >= 15 is 0 Å². The molecular formula is C26H30FN3O3. The number of rotatable bonds is 5. The van der Waals surface area contributed by atoms with Crippen molar-refractivity contribution in [2.45, 2.75) is 38.1 Å². The summed E-state index contributed by atoms with van der Waals surface area (Å²) < 4.78 is 14.1. The van der Waals surface area contributed by atoms with Crippen molar-refractivity contribution in [3.05, 3.63) is 71.5 Å². The summed E-state index contributed by atoms with van der Waals surface area (Å²) in [7, 11) is 0. The molecule has 0 radical (unpaired) electrons. The lowest BCUT2D eigenvalue weighted by molar-refractivity contribution is -0.136. The summed E-state index contributed by atoms with van der Waals surface area (Å²) in [6, 6.07) is 14.2. The smallest absolute Gasteiger partial charge is 0.256 e. The van der Waals surface area contributed by atoms with Crippen LogP contribution >= 0.6 is 0 Å². The van der Waals surface area contributed by atoms with Crippen molar-refractivity contribution >= 4 is 17.7 Å². The van der Waals surface area contributed by atoms with Crippen LogP contribution in [0.2, 0.25) is 0 Å². The molecule has 2 saturated heterocycles. The van der Waals surface area contributed by atoms with E-state index in [1.54, 1.807) is 41.3 Å². The van der Waals surface area contributed by atoms with Crippen molar-refractivity contribution in [1.29, 1.82) is 0 Å². The van der Waals surface area contributed by atoms with E-state index in [0.29, 0.717) is 44.6 Å². The van der Waals surface area contributed by atoms with E-state index in [4.69, 9.17) is 0 Å². The maximum Gasteiger partial charge on any atom is 0.256 e. The van der Waals surface area contributed by atoms with Gasteiger partial charge >= 0.3 is 0 Å². The molecule has 2 aromatic rings. The van der Waals surface area contributed by atoms with Gasteiger partial charge in [0.15, 0.2) is 0 Å². The molecule has 7 heteroatoms. The molecule has 0 aromatic heterocycles. The summed E-state index contributed by atoms with van der Waals surface area (Å²) in [4.78, 5) is 42.6. The van der Waals surface area contributed by atoms with E-state index in [1.807, 2.05) is 11.0 Å². The molecule has 2 fully saturated rings. The molecule has 174 valence electrons. The van der Waals surface area contributed by atoms with Crippen LogP contribution in [0.1, 0.15) is 52.8 Å². The van der Waals surface area contributed by atoms with Gasteiger partial charge in [-0.2, -0.15) is 0 Å². The van der Waals surface area contributed by atoms with Crippen molar-refractivity contribution in [1.82, 2.24) is 15.1 Å². The highest BCUT2D eigenvalue weighted by atomic mass is 19.1. The third-order valence-corrected chi connectivity index (χ3v) is 6.66. The molecule has 2 aliphatic rings. The minimum absolute atomic E-state index is 0.0436. The van der Waals surface area contributed by atoms with Gasteiger partial charge in [0.25, 0.3) is 11.8 Å². The lowest BCUT2D eigenvalue weighted by Crippen LogP contribution is -2.55. The van der Waals surface area contributed by atoms with E-state index in [1.165, 1.54) is 12.1 Å². The average Bonchev–Trinajstić information content (AvgIpc) is 2.88. The predicted octanol–water partition coefficient (Wildman–Crippen LogP) is 3.49. The molecule has 2 aliphatic heterocycles. The van der Waals surface area contributed by atoms with Gasteiger partial charge < -0.3 is 15.1 Å². The monoisotopic (exact) mass is 451 g/mol. The maximum absolute atomic E-state index is 14.1. The zero-order valence-electron chi connectivity index (χ0n) is 18.7. The fourth-order valence-corrected chi connectivity index (χ4v) is 4.75. The Hall–Kier alpha value is -3.22. The summed E-state index contributed by atoms with van der Waals surface area (Å²) in [5.41, 5.74) is 0.579. The van der Waals surface area contributed by atoms with E-state index in [9.17, 15) is 18.8 Å². The SMILES string of the molecule is O=C(N[C@@H](C(=O)N1CCCCC1)C1CCN(C(=O)c2ccccc2F)CC1)c1ccccc1. The minimum Gasteiger partial charge on any atom is -0.341 e. The van der Waals surface area contributed by atoms with E-state index < -0.39 is 11.9 Å².